The molecule has 3 aliphatic heterocycles. The van der Waals surface area contributed by atoms with E-state index in [4.69, 9.17) is 33.2 Å². The maximum absolute atomic E-state index is 14.5. The Morgan fingerprint density at radius 1 is 0.938 bits per heavy atom. The highest BCUT2D eigenvalue weighted by Gasteiger charge is 2.54. The molecule has 5 N–H and O–H groups in total. The molecule has 4 rings (SSSR count). The summed E-state index contributed by atoms with van der Waals surface area (Å²) in [5, 5.41) is 62.8. The predicted molar refractivity (Wildman–Crippen MR) is 234 cm³/mol. The van der Waals surface area contributed by atoms with Crippen LogP contribution in [0.4, 0.5) is 5.69 Å². The summed E-state index contributed by atoms with van der Waals surface area (Å²) in [6, 6.07) is 4.63. The Morgan fingerprint density at radius 3 is 2.09 bits per heavy atom. The molecule has 19 nitrogen and oxygen atoms in total. The molecule has 0 aliphatic carbocycles. The van der Waals surface area contributed by atoms with Crippen molar-refractivity contribution in [1.29, 1.82) is 0 Å². The van der Waals surface area contributed by atoms with Gasteiger partial charge in [0.2, 0.25) is 0 Å². The van der Waals surface area contributed by atoms with Crippen LogP contribution in [-0.4, -0.2) is 160 Å². The molecule has 0 radical (unpaired) electrons. The van der Waals surface area contributed by atoms with Gasteiger partial charge in [-0.25, -0.2) is 5.43 Å². The molecule has 1 aromatic rings. The Kier molecular flexibility index (Phi) is 18.0. The van der Waals surface area contributed by atoms with Crippen LogP contribution in [0.2, 0.25) is 0 Å². The van der Waals surface area contributed by atoms with Crippen molar-refractivity contribution in [1.82, 2.24) is 10.3 Å². The zero-order valence-corrected chi connectivity index (χ0v) is 39.9. The number of nitrogens with zero attached hydrogens (tertiary/aromatic N) is 3. The van der Waals surface area contributed by atoms with E-state index in [1.807, 2.05) is 39.8 Å². The third-order valence-electron chi connectivity index (χ3n) is 13.9. The van der Waals surface area contributed by atoms with Gasteiger partial charge < -0.3 is 58.5 Å². The molecule has 18 atom stereocenters. The number of amides is 1. The number of nitro benzene ring substituents is 1. The van der Waals surface area contributed by atoms with Crippen molar-refractivity contribution in [3.63, 3.8) is 0 Å². The number of methoxy groups -OCH3 is 2. The van der Waals surface area contributed by atoms with Crippen LogP contribution >= 0.6 is 0 Å². The number of benzene rings is 1. The SMILES string of the molecule is CC[C@H]1OC(=O)[C@H](C)[C@@H](OC2C[C@@](C)(OC)[C@@H](O)[C@H](C)O2)[C@H](C)[C@@H](OC2OC(C)CC(N(C)C)C2O)[C@](C)(OC)C[C@@H](C)/C(=N\NC(=O)c2ccc([N+](=O)[O-])cc2)[C@H](C)[C@@H](O)[C@]1(C)O. The van der Waals surface area contributed by atoms with Crippen molar-refractivity contribution >= 4 is 23.3 Å². The molecular weight excluding hydrogens is 837 g/mol. The van der Waals surface area contributed by atoms with E-state index in [0.29, 0.717) is 6.42 Å². The normalized spacial score (nSPS) is 42.5. The Bertz CT molecular complexity index is 1770. The first kappa shape index (κ1) is 53.4. The molecule has 3 fully saturated rings. The number of aliphatic hydroxyl groups is 4. The zero-order valence-electron chi connectivity index (χ0n) is 39.9. The molecular formula is C45H74N4O15. The standard InChI is InChI=1S/C45H74N4O15/c1-15-32-45(10,55)37(51)25(4)34(46-47-40(53)29-16-18-30(19-17-29)49(56)57)23(2)21-44(9,59-14)39(64-42-35(50)31(48(11)12)20-24(3)60-42)26(5)36(27(6)41(54)62-32)63-33-22-43(8,58-13)38(52)28(7)61-33/h16-19,23-28,31-33,35-39,42,50-52,55H,15,20-22H2,1-14H3,(H,47,53)/b46-34+/t23-,24?,25+,26+,27-,28+,31?,32-,33?,35?,36+,37-,38+,39-,42?,43-,44-,45-/m1/s1. The van der Waals surface area contributed by atoms with Crippen LogP contribution in [0.15, 0.2) is 29.4 Å². The molecule has 19 heteroatoms. The number of cyclic esters (lactones) is 1. The lowest BCUT2D eigenvalue weighted by Crippen LogP contribution is -2.61. The average molecular weight is 911 g/mol. The van der Waals surface area contributed by atoms with Gasteiger partial charge in [-0.3, -0.25) is 19.7 Å². The Balaban J connectivity index is 1.91. The van der Waals surface area contributed by atoms with Crippen molar-refractivity contribution in [2.75, 3.05) is 28.3 Å². The summed E-state index contributed by atoms with van der Waals surface area (Å²) < 4.78 is 44.6. The van der Waals surface area contributed by atoms with Crippen LogP contribution in [-0.2, 0) is 38.0 Å². The van der Waals surface area contributed by atoms with Crippen LogP contribution in [0, 0.1) is 33.8 Å². The monoisotopic (exact) mass is 911 g/mol. The highest BCUT2D eigenvalue weighted by Crippen LogP contribution is 2.42. The van der Waals surface area contributed by atoms with Gasteiger partial charge in [0.15, 0.2) is 12.6 Å². The number of hydrazone groups is 1. The summed E-state index contributed by atoms with van der Waals surface area (Å²) >= 11 is 0. The third-order valence-corrected chi connectivity index (χ3v) is 13.9. The summed E-state index contributed by atoms with van der Waals surface area (Å²) in [6.45, 7) is 17.1. The number of aliphatic hydroxyl groups excluding tert-OH is 3. The van der Waals surface area contributed by atoms with Crippen LogP contribution in [0.25, 0.3) is 0 Å². The summed E-state index contributed by atoms with van der Waals surface area (Å²) in [6.07, 6.45) is -9.53. The minimum atomic E-state index is -2.05. The molecule has 3 saturated heterocycles. The predicted octanol–water partition coefficient (Wildman–Crippen LogP) is 3.56. The highest BCUT2D eigenvalue weighted by atomic mass is 16.7. The maximum Gasteiger partial charge on any atom is 0.311 e. The topological polar surface area (TPSA) is 250 Å². The van der Waals surface area contributed by atoms with Gasteiger partial charge in [-0.15, -0.1) is 0 Å². The van der Waals surface area contributed by atoms with Crippen molar-refractivity contribution < 1.29 is 68.1 Å². The van der Waals surface area contributed by atoms with Crippen molar-refractivity contribution in [2.45, 2.75) is 179 Å². The number of non-ortho nitro benzene ring substituents is 1. The number of hydrogen-bond acceptors (Lipinski definition) is 17. The van der Waals surface area contributed by atoms with Gasteiger partial charge in [0.25, 0.3) is 11.6 Å². The number of rotatable bonds is 11. The average Bonchev–Trinajstić information content (AvgIpc) is 3.24. The first-order chi connectivity index (χ1) is 29.8. The molecule has 5 unspecified atom stereocenters. The van der Waals surface area contributed by atoms with Gasteiger partial charge in [-0.2, -0.15) is 5.10 Å². The minimum Gasteiger partial charge on any atom is -0.459 e. The Labute approximate surface area is 377 Å². The molecule has 1 amide bonds. The van der Waals surface area contributed by atoms with Crippen molar-refractivity contribution in [3.8, 4) is 0 Å². The lowest BCUT2D eigenvalue weighted by atomic mass is 9.73. The summed E-state index contributed by atoms with van der Waals surface area (Å²) in [5.41, 5.74) is -1.83. The highest BCUT2D eigenvalue weighted by molar-refractivity contribution is 5.96. The number of hydrogen-bond donors (Lipinski definition) is 5. The molecule has 0 spiro atoms. The lowest BCUT2D eigenvalue weighted by molar-refractivity contribution is -0.384. The number of nitrogens with one attached hydrogen (secondary N) is 1. The maximum atomic E-state index is 14.5. The van der Waals surface area contributed by atoms with Gasteiger partial charge in [0.1, 0.15) is 23.9 Å². The number of nitro groups is 1. The summed E-state index contributed by atoms with van der Waals surface area (Å²) in [5.74, 6) is -4.95. The second kappa shape index (κ2) is 21.6. The molecule has 3 aliphatic rings. The van der Waals surface area contributed by atoms with E-state index in [-0.39, 0.29) is 48.4 Å². The largest absolute Gasteiger partial charge is 0.459 e. The molecule has 364 valence electrons. The number of carbonyl (C=O) groups is 2. The van der Waals surface area contributed by atoms with Crippen LogP contribution in [0.5, 0.6) is 0 Å². The molecule has 3 heterocycles. The van der Waals surface area contributed by atoms with Gasteiger partial charge in [0.05, 0.1) is 52.6 Å². The number of likely N-dealkylation sites (N-methyl/N-ethyl adjacent to an activating group) is 1. The second-order valence-corrected chi connectivity index (χ2v) is 19.0. The number of esters is 1. The van der Waals surface area contributed by atoms with Crippen molar-refractivity contribution in [2.24, 2.45) is 28.8 Å². The molecule has 64 heavy (non-hydrogen) atoms. The van der Waals surface area contributed by atoms with Crippen LogP contribution < -0.4 is 5.43 Å². The second-order valence-electron chi connectivity index (χ2n) is 19.0. The smallest absolute Gasteiger partial charge is 0.311 e. The van der Waals surface area contributed by atoms with Crippen LogP contribution in [0.3, 0.4) is 0 Å². The fourth-order valence-electron chi connectivity index (χ4n) is 9.72. The van der Waals surface area contributed by atoms with E-state index in [0.717, 1.165) is 0 Å². The minimum absolute atomic E-state index is 0.0817. The van der Waals surface area contributed by atoms with E-state index >= 15 is 0 Å². The van der Waals surface area contributed by atoms with Gasteiger partial charge in [-0.05, 0) is 93.0 Å². The van der Waals surface area contributed by atoms with Gasteiger partial charge in [-0.1, -0.05) is 27.7 Å². The first-order valence-electron chi connectivity index (χ1n) is 22.2. The Morgan fingerprint density at radius 2 is 1.55 bits per heavy atom. The zero-order chi connectivity index (χ0) is 48.2. The van der Waals surface area contributed by atoms with Crippen LogP contribution in [0.1, 0.15) is 105 Å². The molecule has 1 aromatic carbocycles. The number of carbonyl (C=O) groups excluding carboxylic acids is 2. The molecule has 0 saturated carbocycles. The summed E-state index contributed by atoms with van der Waals surface area (Å²) in [7, 11) is 6.70. The number of ether oxygens (including phenoxy) is 7. The lowest BCUT2D eigenvalue weighted by Gasteiger charge is -2.50. The Hall–Kier alpha value is -3.21. The fraction of sp³-hybridized carbons (Fsp3) is 0.800. The first-order valence-corrected chi connectivity index (χ1v) is 22.2. The van der Waals surface area contributed by atoms with E-state index in [2.05, 4.69) is 10.5 Å². The van der Waals surface area contributed by atoms with Crippen molar-refractivity contribution in [3.05, 3.63) is 39.9 Å². The van der Waals surface area contributed by atoms with E-state index < -0.39 is 113 Å². The fourth-order valence-corrected chi connectivity index (χ4v) is 9.72. The van der Waals surface area contributed by atoms with Gasteiger partial charge in [0, 0.05) is 61.9 Å². The molecule has 0 aromatic heterocycles. The third kappa shape index (κ3) is 11.7. The quantitative estimate of drug-likeness (QED) is 0.121. The van der Waals surface area contributed by atoms with E-state index in [9.17, 15) is 40.1 Å². The van der Waals surface area contributed by atoms with E-state index in [1.54, 1.807) is 41.5 Å². The molecule has 0 bridgehead atoms. The van der Waals surface area contributed by atoms with E-state index in [1.165, 1.54) is 45.4 Å². The summed E-state index contributed by atoms with van der Waals surface area (Å²) in [4.78, 5) is 40.5. The van der Waals surface area contributed by atoms with Gasteiger partial charge >= 0.3 is 5.97 Å².